The molecule has 166 valence electrons. The zero-order valence-corrected chi connectivity index (χ0v) is 19.9. The van der Waals surface area contributed by atoms with Crippen LogP contribution in [0.25, 0.3) is 0 Å². The van der Waals surface area contributed by atoms with Gasteiger partial charge in [0.1, 0.15) is 11.9 Å². The van der Waals surface area contributed by atoms with Gasteiger partial charge in [-0.1, -0.05) is 101 Å². The van der Waals surface area contributed by atoms with Gasteiger partial charge in [-0.2, -0.15) is 0 Å². The largest absolute Gasteiger partial charge is 0.261 e. The van der Waals surface area contributed by atoms with Crippen molar-refractivity contribution in [3.8, 4) is 0 Å². The number of benzene rings is 2. The van der Waals surface area contributed by atoms with Crippen LogP contribution in [0.1, 0.15) is 87.9 Å². The van der Waals surface area contributed by atoms with Gasteiger partial charge in [-0.15, -0.1) is 0 Å². The molecule has 0 radical (unpaired) electrons. The second kappa shape index (κ2) is 12.5. The molecule has 1 atom stereocenters. The molecule has 0 aliphatic rings. The Bertz CT molecular complexity index is 880. The molecule has 1 unspecified atom stereocenters. The third-order valence-corrected chi connectivity index (χ3v) is 6.33. The lowest BCUT2D eigenvalue weighted by Crippen LogP contribution is -2.37. The Morgan fingerprint density at radius 3 is 2.16 bits per heavy atom. The minimum absolute atomic E-state index is 0.522. The van der Waals surface area contributed by atoms with Gasteiger partial charge in [0.15, 0.2) is 0 Å². The minimum atomic E-state index is 0.522. The van der Waals surface area contributed by atoms with E-state index in [-0.39, 0.29) is 0 Å². The summed E-state index contributed by atoms with van der Waals surface area (Å²) >= 11 is 0. The van der Waals surface area contributed by atoms with E-state index in [0.29, 0.717) is 5.92 Å². The highest BCUT2D eigenvalue weighted by Gasteiger charge is 2.24. The average Bonchev–Trinajstić information content (AvgIpc) is 3.11. The van der Waals surface area contributed by atoms with Crippen molar-refractivity contribution in [3.63, 3.8) is 0 Å². The zero-order valence-electron chi connectivity index (χ0n) is 19.9. The van der Waals surface area contributed by atoms with Gasteiger partial charge in [0.05, 0.1) is 19.5 Å². The van der Waals surface area contributed by atoms with Gasteiger partial charge in [0.25, 0.3) is 5.82 Å². The predicted molar refractivity (Wildman–Crippen MR) is 131 cm³/mol. The second-order valence-electron chi connectivity index (χ2n) is 8.97. The fourth-order valence-electron chi connectivity index (χ4n) is 4.57. The molecule has 0 spiro atoms. The Hall–Kier alpha value is -2.35. The molecular formula is C29H41N2+. The minimum Gasteiger partial charge on any atom is -0.234 e. The van der Waals surface area contributed by atoms with Gasteiger partial charge in [-0.25, -0.2) is 9.13 Å². The number of nitrogens with zero attached hydrogens (tertiary/aromatic N) is 2. The van der Waals surface area contributed by atoms with E-state index in [4.69, 9.17) is 0 Å². The molecule has 0 amide bonds. The van der Waals surface area contributed by atoms with Gasteiger partial charge in [0.2, 0.25) is 0 Å². The summed E-state index contributed by atoms with van der Waals surface area (Å²) in [5.74, 6) is 1.99. The lowest BCUT2D eigenvalue weighted by molar-refractivity contribution is -0.704. The molecule has 0 saturated heterocycles. The number of hydrogen-bond acceptors (Lipinski definition) is 0. The number of imidazole rings is 1. The Morgan fingerprint density at radius 2 is 1.48 bits per heavy atom. The van der Waals surface area contributed by atoms with Gasteiger partial charge < -0.3 is 0 Å². The molecule has 0 fully saturated rings. The van der Waals surface area contributed by atoms with Crippen molar-refractivity contribution in [3.05, 3.63) is 89.5 Å². The monoisotopic (exact) mass is 417 g/mol. The SMILES string of the molecule is CCCCCCC[n+]1cc(CC(C)c2ccccc2)n(CCC)c1Cc1ccccc1. The summed E-state index contributed by atoms with van der Waals surface area (Å²) in [6.45, 7) is 9.19. The lowest BCUT2D eigenvalue weighted by atomic mass is 9.96. The molecule has 3 aromatic rings. The number of unbranched alkanes of at least 4 members (excludes halogenated alkanes) is 4. The molecule has 31 heavy (non-hydrogen) atoms. The maximum Gasteiger partial charge on any atom is 0.261 e. The molecule has 2 heteroatoms. The number of aryl methyl sites for hydroxylation is 1. The van der Waals surface area contributed by atoms with Crippen LogP contribution in [0.3, 0.4) is 0 Å². The summed E-state index contributed by atoms with van der Waals surface area (Å²) in [6, 6.07) is 21.9. The fraction of sp³-hybridized carbons (Fsp3) is 0.483. The van der Waals surface area contributed by atoms with Crippen LogP contribution in [0.4, 0.5) is 0 Å². The first-order chi connectivity index (χ1) is 15.2. The molecule has 1 aromatic heterocycles. The normalized spacial score (nSPS) is 12.2. The van der Waals surface area contributed by atoms with E-state index in [1.807, 2.05) is 0 Å². The van der Waals surface area contributed by atoms with Gasteiger partial charge in [0, 0.05) is 6.42 Å². The number of aromatic nitrogens is 2. The smallest absolute Gasteiger partial charge is 0.234 e. The van der Waals surface area contributed by atoms with Crippen LogP contribution in [-0.4, -0.2) is 4.57 Å². The molecule has 2 nitrogen and oxygen atoms in total. The molecule has 2 aromatic carbocycles. The van der Waals surface area contributed by atoms with Crippen LogP contribution in [0, 0.1) is 0 Å². The third-order valence-electron chi connectivity index (χ3n) is 6.33. The van der Waals surface area contributed by atoms with Crippen LogP contribution in [-0.2, 0) is 25.9 Å². The first-order valence-electron chi connectivity index (χ1n) is 12.4. The highest BCUT2D eigenvalue weighted by Crippen LogP contribution is 2.22. The van der Waals surface area contributed by atoms with Crippen LogP contribution >= 0.6 is 0 Å². The van der Waals surface area contributed by atoms with E-state index < -0.39 is 0 Å². The molecule has 0 aliphatic carbocycles. The Labute approximate surface area is 190 Å². The van der Waals surface area contributed by atoms with Crippen LogP contribution in [0.2, 0.25) is 0 Å². The van der Waals surface area contributed by atoms with Gasteiger partial charge >= 0.3 is 0 Å². The summed E-state index contributed by atoms with van der Waals surface area (Å²) in [4.78, 5) is 0. The van der Waals surface area contributed by atoms with Crippen molar-refractivity contribution >= 4 is 0 Å². The van der Waals surface area contributed by atoms with E-state index in [1.165, 1.54) is 61.2 Å². The van der Waals surface area contributed by atoms with Crippen molar-refractivity contribution in [1.82, 2.24) is 4.57 Å². The molecule has 1 heterocycles. The van der Waals surface area contributed by atoms with E-state index in [9.17, 15) is 0 Å². The second-order valence-corrected chi connectivity index (χ2v) is 8.97. The van der Waals surface area contributed by atoms with E-state index >= 15 is 0 Å². The molecule has 0 bridgehead atoms. The third kappa shape index (κ3) is 6.82. The Kier molecular flexibility index (Phi) is 9.39. The van der Waals surface area contributed by atoms with Gasteiger partial charge in [-0.05, 0) is 36.3 Å². The van der Waals surface area contributed by atoms with Crippen molar-refractivity contribution in [1.29, 1.82) is 0 Å². The maximum absolute atomic E-state index is 2.62. The lowest BCUT2D eigenvalue weighted by Gasteiger charge is -2.11. The topological polar surface area (TPSA) is 8.81 Å². The molecule has 0 N–H and O–H groups in total. The summed E-state index contributed by atoms with van der Waals surface area (Å²) < 4.78 is 5.19. The predicted octanol–water partition coefficient (Wildman–Crippen LogP) is 7.09. The number of hydrogen-bond donors (Lipinski definition) is 0. The van der Waals surface area contributed by atoms with Crippen LogP contribution in [0.15, 0.2) is 66.9 Å². The van der Waals surface area contributed by atoms with Crippen LogP contribution < -0.4 is 4.57 Å². The summed E-state index contributed by atoms with van der Waals surface area (Å²) in [5, 5.41) is 0. The zero-order chi connectivity index (χ0) is 21.9. The van der Waals surface area contributed by atoms with E-state index in [1.54, 1.807) is 0 Å². The van der Waals surface area contributed by atoms with E-state index in [0.717, 1.165) is 25.9 Å². The van der Waals surface area contributed by atoms with Crippen molar-refractivity contribution < 1.29 is 4.57 Å². The Morgan fingerprint density at radius 1 is 0.806 bits per heavy atom. The van der Waals surface area contributed by atoms with Crippen molar-refractivity contribution in [2.24, 2.45) is 0 Å². The summed E-state index contributed by atoms with van der Waals surface area (Å²) in [6.07, 6.45) is 12.4. The van der Waals surface area contributed by atoms with Crippen molar-refractivity contribution in [2.45, 2.75) is 91.1 Å². The average molecular weight is 418 g/mol. The van der Waals surface area contributed by atoms with Crippen LogP contribution in [0.5, 0.6) is 0 Å². The standard InChI is InChI=1S/C29H41N2/c1-4-6-7-8-15-21-30-24-28(22-25(3)27-18-13-10-14-19-27)31(20-5-2)29(30)23-26-16-11-9-12-17-26/h9-14,16-19,24-25H,4-8,15,20-23H2,1-3H3/q+1. The number of rotatable bonds is 13. The summed E-state index contributed by atoms with van der Waals surface area (Å²) in [5.41, 5.74) is 4.32. The fourth-order valence-corrected chi connectivity index (χ4v) is 4.57. The molecule has 3 rings (SSSR count). The van der Waals surface area contributed by atoms with Gasteiger partial charge in [-0.3, -0.25) is 0 Å². The van der Waals surface area contributed by atoms with Crippen molar-refractivity contribution in [2.75, 3.05) is 0 Å². The first-order valence-corrected chi connectivity index (χ1v) is 12.4. The Balaban J connectivity index is 1.86. The highest BCUT2D eigenvalue weighted by molar-refractivity contribution is 5.22. The molecule has 0 aliphatic heterocycles. The maximum atomic E-state index is 2.62. The molecular weight excluding hydrogens is 376 g/mol. The molecule has 0 saturated carbocycles. The highest BCUT2D eigenvalue weighted by atomic mass is 15.2. The first kappa shape index (κ1) is 23.3. The quantitative estimate of drug-likeness (QED) is 0.207. The summed E-state index contributed by atoms with van der Waals surface area (Å²) in [7, 11) is 0. The van der Waals surface area contributed by atoms with E-state index in [2.05, 4.69) is 96.8 Å².